The molecule has 0 radical (unpaired) electrons. The molecular formula is C36H48N2O7. The Hall–Kier alpha value is -4.24. The second-order valence-electron chi connectivity index (χ2n) is 12.1. The van der Waals surface area contributed by atoms with Crippen molar-refractivity contribution in [3.05, 3.63) is 97.1 Å². The van der Waals surface area contributed by atoms with Crippen molar-refractivity contribution in [2.24, 2.45) is 11.8 Å². The van der Waals surface area contributed by atoms with Crippen LogP contribution in [0.2, 0.25) is 0 Å². The van der Waals surface area contributed by atoms with E-state index < -0.39 is 41.5 Å². The molecule has 2 amide bonds. The molecule has 244 valence electrons. The molecule has 2 rings (SSSR count). The van der Waals surface area contributed by atoms with E-state index in [1.54, 1.807) is 32.9 Å². The zero-order chi connectivity index (χ0) is 33.2. The molecule has 0 aromatic heterocycles. The van der Waals surface area contributed by atoms with E-state index in [0.29, 0.717) is 12.8 Å². The normalized spacial score (nSPS) is 13.8. The SMILES string of the molecule is C=CC[C@@H](CC(=O)N[C@H](CO)Cc1ccccc1)C(=O)N[C@@H](COC(=O)[C@H](CC=C)CC(=O)OC(C)(C)C)Cc1ccccc1. The van der Waals surface area contributed by atoms with Crippen LogP contribution in [0.3, 0.4) is 0 Å². The second kappa shape index (κ2) is 19.2. The number of aliphatic hydroxyl groups excluding tert-OH is 1. The Kier molecular flexibility index (Phi) is 15.8. The highest BCUT2D eigenvalue weighted by molar-refractivity contribution is 5.86. The van der Waals surface area contributed by atoms with Crippen molar-refractivity contribution in [2.45, 2.75) is 77.0 Å². The lowest BCUT2D eigenvalue weighted by atomic mass is 9.97. The summed E-state index contributed by atoms with van der Waals surface area (Å²) in [5.41, 5.74) is 1.20. The van der Waals surface area contributed by atoms with Crippen molar-refractivity contribution in [3.8, 4) is 0 Å². The molecule has 0 saturated carbocycles. The number of ether oxygens (including phenoxy) is 2. The molecule has 0 spiro atoms. The van der Waals surface area contributed by atoms with Crippen molar-refractivity contribution in [3.63, 3.8) is 0 Å². The number of nitrogens with one attached hydrogen (secondary N) is 2. The lowest BCUT2D eigenvalue weighted by Crippen LogP contribution is -2.45. The molecule has 0 saturated heterocycles. The van der Waals surface area contributed by atoms with Crippen LogP contribution in [0.4, 0.5) is 0 Å². The van der Waals surface area contributed by atoms with Gasteiger partial charge in [0, 0.05) is 6.42 Å². The molecule has 0 heterocycles. The number of aliphatic hydroxyl groups is 1. The minimum absolute atomic E-state index is 0.113. The molecule has 0 bridgehead atoms. The zero-order valence-corrected chi connectivity index (χ0v) is 26.7. The molecule has 0 fully saturated rings. The number of esters is 2. The Morgan fingerprint density at radius 3 is 1.84 bits per heavy atom. The molecule has 3 N–H and O–H groups in total. The Labute approximate surface area is 267 Å². The fraction of sp³-hybridized carbons (Fsp3) is 0.444. The van der Waals surface area contributed by atoms with E-state index in [4.69, 9.17) is 9.47 Å². The largest absolute Gasteiger partial charge is 0.463 e. The molecule has 2 aromatic carbocycles. The standard InChI is InChI=1S/C36H48N2O7/c1-6-14-28(22-32(40)37-30(24-39)20-26-16-10-8-11-17-26)34(42)38-31(21-27-18-12-9-13-19-27)25-44-35(43)29(15-7-2)23-33(41)45-36(3,4)5/h6-13,16-19,28-31,39H,1-2,14-15,20-25H2,3-5H3,(H,37,40)(H,38,42)/t28-,29+,30-,31+/m0/s1. The fourth-order valence-electron chi connectivity index (χ4n) is 4.77. The monoisotopic (exact) mass is 620 g/mol. The highest BCUT2D eigenvalue weighted by atomic mass is 16.6. The lowest BCUT2D eigenvalue weighted by Gasteiger charge is -2.24. The summed E-state index contributed by atoms with van der Waals surface area (Å²) in [6, 6.07) is 17.8. The topological polar surface area (TPSA) is 131 Å². The van der Waals surface area contributed by atoms with Gasteiger partial charge in [-0.05, 0) is 57.6 Å². The van der Waals surface area contributed by atoms with Gasteiger partial charge in [-0.25, -0.2) is 0 Å². The number of benzene rings is 2. The number of carbonyl (C=O) groups is 4. The quantitative estimate of drug-likeness (QED) is 0.156. The van der Waals surface area contributed by atoms with Gasteiger partial charge < -0.3 is 25.2 Å². The molecule has 45 heavy (non-hydrogen) atoms. The van der Waals surface area contributed by atoms with Gasteiger partial charge >= 0.3 is 11.9 Å². The molecule has 4 atom stereocenters. The Balaban J connectivity index is 2.09. The number of allylic oxidation sites excluding steroid dienone is 2. The lowest BCUT2D eigenvalue weighted by molar-refractivity contribution is -0.161. The maximum atomic E-state index is 13.5. The van der Waals surface area contributed by atoms with Gasteiger partial charge in [-0.15, -0.1) is 13.2 Å². The first-order valence-corrected chi connectivity index (χ1v) is 15.3. The molecule has 0 aliphatic carbocycles. The van der Waals surface area contributed by atoms with E-state index in [2.05, 4.69) is 23.8 Å². The van der Waals surface area contributed by atoms with Crippen molar-refractivity contribution >= 4 is 23.8 Å². The number of carbonyl (C=O) groups excluding carboxylic acids is 4. The smallest absolute Gasteiger partial charge is 0.309 e. The van der Waals surface area contributed by atoms with E-state index in [1.807, 2.05) is 60.7 Å². The zero-order valence-electron chi connectivity index (χ0n) is 26.7. The van der Waals surface area contributed by atoms with Crippen LogP contribution < -0.4 is 10.6 Å². The first kappa shape index (κ1) is 36.9. The average Bonchev–Trinajstić information content (AvgIpc) is 2.99. The van der Waals surface area contributed by atoms with E-state index in [-0.39, 0.29) is 50.7 Å². The third kappa shape index (κ3) is 14.9. The Morgan fingerprint density at radius 1 is 0.800 bits per heavy atom. The molecule has 0 aliphatic heterocycles. The van der Waals surface area contributed by atoms with Crippen LogP contribution in [0.25, 0.3) is 0 Å². The first-order chi connectivity index (χ1) is 21.4. The van der Waals surface area contributed by atoms with Crippen molar-refractivity contribution in [2.75, 3.05) is 13.2 Å². The summed E-state index contributed by atoms with van der Waals surface area (Å²) in [6.07, 6.45) is 4.15. The van der Waals surface area contributed by atoms with Gasteiger partial charge in [0.25, 0.3) is 0 Å². The van der Waals surface area contributed by atoms with Gasteiger partial charge in [0.1, 0.15) is 12.2 Å². The first-order valence-electron chi connectivity index (χ1n) is 15.3. The van der Waals surface area contributed by atoms with Gasteiger partial charge in [0.2, 0.25) is 11.8 Å². The number of rotatable bonds is 19. The van der Waals surface area contributed by atoms with Gasteiger partial charge in [-0.3, -0.25) is 19.2 Å². The van der Waals surface area contributed by atoms with E-state index in [9.17, 15) is 24.3 Å². The number of amides is 2. The summed E-state index contributed by atoms with van der Waals surface area (Å²) < 4.78 is 11.0. The molecule has 0 unspecified atom stereocenters. The molecule has 9 heteroatoms. The number of hydrogen-bond acceptors (Lipinski definition) is 7. The van der Waals surface area contributed by atoms with Crippen LogP contribution in [0, 0.1) is 11.8 Å². The van der Waals surface area contributed by atoms with Gasteiger partial charge in [-0.2, -0.15) is 0 Å². The summed E-state index contributed by atoms with van der Waals surface area (Å²) in [5.74, 6) is -3.37. The summed E-state index contributed by atoms with van der Waals surface area (Å²) in [6.45, 7) is 12.3. The summed E-state index contributed by atoms with van der Waals surface area (Å²) in [7, 11) is 0. The van der Waals surface area contributed by atoms with Crippen LogP contribution in [-0.2, 0) is 41.5 Å². The van der Waals surface area contributed by atoms with Crippen LogP contribution in [0.1, 0.15) is 57.6 Å². The Bertz CT molecular complexity index is 1240. The van der Waals surface area contributed by atoms with Crippen molar-refractivity contribution < 1.29 is 33.8 Å². The predicted molar refractivity (Wildman–Crippen MR) is 174 cm³/mol. The predicted octanol–water partition coefficient (Wildman–Crippen LogP) is 4.48. The summed E-state index contributed by atoms with van der Waals surface area (Å²) in [4.78, 5) is 51.9. The highest BCUT2D eigenvalue weighted by Gasteiger charge is 2.28. The van der Waals surface area contributed by atoms with E-state index >= 15 is 0 Å². The molecule has 2 aromatic rings. The van der Waals surface area contributed by atoms with Gasteiger partial charge in [0.05, 0.1) is 36.9 Å². The van der Waals surface area contributed by atoms with Crippen LogP contribution in [0.5, 0.6) is 0 Å². The maximum absolute atomic E-state index is 13.5. The van der Waals surface area contributed by atoms with Gasteiger partial charge in [0.15, 0.2) is 0 Å². The minimum Gasteiger partial charge on any atom is -0.463 e. The third-order valence-electron chi connectivity index (χ3n) is 6.88. The van der Waals surface area contributed by atoms with E-state index in [1.165, 1.54) is 0 Å². The van der Waals surface area contributed by atoms with Crippen molar-refractivity contribution in [1.82, 2.24) is 10.6 Å². The third-order valence-corrected chi connectivity index (χ3v) is 6.88. The highest BCUT2D eigenvalue weighted by Crippen LogP contribution is 2.18. The fourth-order valence-corrected chi connectivity index (χ4v) is 4.77. The number of hydrogen-bond donors (Lipinski definition) is 3. The summed E-state index contributed by atoms with van der Waals surface area (Å²) in [5, 5.41) is 15.6. The molecular weight excluding hydrogens is 572 g/mol. The van der Waals surface area contributed by atoms with Crippen molar-refractivity contribution in [1.29, 1.82) is 0 Å². The van der Waals surface area contributed by atoms with Crippen LogP contribution in [-0.4, -0.2) is 59.8 Å². The summed E-state index contributed by atoms with van der Waals surface area (Å²) >= 11 is 0. The van der Waals surface area contributed by atoms with Crippen LogP contribution in [0.15, 0.2) is 86.0 Å². The molecule has 0 aliphatic rings. The average molecular weight is 621 g/mol. The van der Waals surface area contributed by atoms with E-state index in [0.717, 1.165) is 11.1 Å². The van der Waals surface area contributed by atoms with Gasteiger partial charge in [-0.1, -0.05) is 72.8 Å². The Morgan fingerprint density at radius 2 is 1.33 bits per heavy atom. The minimum atomic E-state index is -0.780. The van der Waals surface area contributed by atoms with Crippen LogP contribution >= 0.6 is 0 Å². The maximum Gasteiger partial charge on any atom is 0.309 e. The molecule has 9 nitrogen and oxygen atoms in total. The second-order valence-corrected chi connectivity index (χ2v) is 12.1.